The third-order valence-electron chi connectivity index (χ3n) is 3.09. The summed E-state index contributed by atoms with van der Waals surface area (Å²) in [4.78, 5) is 0.258. The molecular formula is C15H16ClNO3S. The van der Waals surface area contributed by atoms with Crippen molar-refractivity contribution in [1.82, 2.24) is 4.31 Å². The summed E-state index contributed by atoms with van der Waals surface area (Å²) in [5.41, 5.74) is 0.715. The van der Waals surface area contributed by atoms with Gasteiger partial charge >= 0.3 is 0 Å². The van der Waals surface area contributed by atoms with Crippen LogP contribution < -0.4 is 4.74 Å². The Morgan fingerprint density at radius 2 is 1.81 bits per heavy atom. The van der Waals surface area contributed by atoms with Crippen molar-refractivity contribution in [2.24, 2.45) is 0 Å². The number of nitrogens with zero attached hydrogens (tertiary/aromatic N) is 1. The number of ether oxygens (including phenoxy) is 1. The van der Waals surface area contributed by atoms with Gasteiger partial charge < -0.3 is 4.74 Å². The standard InChI is InChI=1S/C15H16ClNO3S/c1-17(21(18,19)14-6-4-3-5-7-14)11-12-10-13(16)8-9-15(12)20-2/h3-10H,11H2,1-2H3. The molecule has 0 saturated heterocycles. The van der Waals surface area contributed by atoms with E-state index in [4.69, 9.17) is 16.3 Å². The van der Waals surface area contributed by atoms with E-state index >= 15 is 0 Å². The van der Waals surface area contributed by atoms with Crippen molar-refractivity contribution in [3.8, 4) is 5.75 Å². The predicted molar refractivity (Wildman–Crippen MR) is 83.1 cm³/mol. The maximum atomic E-state index is 12.5. The largest absolute Gasteiger partial charge is 0.496 e. The lowest BCUT2D eigenvalue weighted by Gasteiger charge is -2.19. The second-order valence-corrected chi connectivity index (χ2v) is 7.01. The van der Waals surface area contributed by atoms with Crippen LogP contribution in [0.1, 0.15) is 5.56 Å². The highest BCUT2D eigenvalue weighted by atomic mass is 35.5. The van der Waals surface area contributed by atoms with Gasteiger partial charge in [-0.3, -0.25) is 0 Å². The molecule has 0 radical (unpaired) electrons. The Morgan fingerprint density at radius 3 is 2.43 bits per heavy atom. The summed E-state index contributed by atoms with van der Waals surface area (Å²) in [7, 11) is -0.470. The molecule has 0 atom stereocenters. The molecule has 0 unspecified atom stereocenters. The van der Waals surface area contributed by atoms with Crippen molar-refractivity contribution in [3.05, 3.63) is 59.1 Å². The van der Waals surface area contributed by atoms with Crippen molar-refractivity contribution in [3.63, 3.8) is 0 Å². The lowest BCUT2D eigenvalue weighted by atomic mass is 10.2. The first-order valence-electron chi connectivity index (χ1n) is 6.29. The van der Waals surface area contributed by atoms with Crippen molar-refractivity contribution < 1.29 is 13.2 Å². The van der Waals surface area contributed by atoms with E-state index in [1.165, 1.54) is 11.4 Å². The van der Waals surface area contributed by atoms with Crippen molar-refractivity contribution >= 4 is 21.6 Å². The van der Waals surface area contributed by atoms with Crippen LogP contribution in [0.4, 0.5) is 0 Å². The number of halogens is 1. The minimum absolute atomic E-state index is 0.182. The zero-order chi connectivity index (χ0) is 15.5. The molecule has 0 aliphatic rings. The molecular weight excluding hydrogens is 310 g/mol. The monoisotopic (exact) mass is 325 g/mol. The average molecular weight is 326 g/mol. The van der Waals surface area contributed by atoms with Gasteiger partial charge in [0, 0.05) is 24.2 Å². The van der Waals surface area contributed by atoms with E-state index in [9.17, 15) is 8.42 Å². The molecule has 0 spiro atoms. The molecule has 0 bridgehead atoms. The van der Waals surface area contributed by atoms with Crippen LogP contribution in [0.15, 0.2) is 53.4 Å². The third kappa shape index (κ3) is 3.56. The van der Waals surface area contributed by atoms with E-state index in [2.05, 4.69) is 0 Å². The quantitative estimate of drug-likeness (QED) is 0.848. The first-order chi connectivity index (χ1) is 9.95. The smallest absolute Gasteiger partial charge is 0.243 e. The topological polar surface area (TPSA) is 46.6 Å². The Balaban J connectivity index is 2.30. The Kier molecular flexibility index (Phi) is 4.88. The minimum Gasteiger partial charge on any atom is -0.496 e. The van der Waals surface area contributed by atoms with Gasteiger partial charge in [0.1, 0.15) is 5.75 Å². The van der Waals surface area contributed by atoms with Gasteiger partial charge in [0.15, 0.2) is 0 Å². The van der Waals surface area contributed by atoms with Crippen molar-refractivity contribution in [2.75, 3.05) is 14.2 Å². The van der Waals surface area contributed by atoms with Gasteiger partial charge in [-0.2, -0.15) is 4.31 Å². The van der Waals surface area contributed by atoms with Gasteiger partial charge in [-0.1, -0.05) is 29.8 Å². The number of hydrogen-bond donors (Lipinski definition) is 0. The summed E-state index contributed by atoms with van der Waals surface area (Å²) < 4.78 is 31.5. The Hall–Kier alpha value is -1.56. The first kappa shape index (κ1) is 15.8. The molecule has 6 heteroatoms. The zero-order valence-corrected chi connectivity index (χ0v) is 13.4. The summed E-state index contributed by atoms with van der Waals surface area (Å²) in [6.45, 7) is 0.182. The Labute approximate surface area is 130 Å². The lowest BCUT2D eigenvalue weighted by molar-refractivity contribution is 0.398. The molecule has 0 fully saturated rings. The van der Waals surface area contributed by atoms with E-state index in [1.807, 2.05) is 0 Å². The summed E-state index contributed by atoms with van der Waals surface area (Å²) in [6.07, 6.45) is 0. The molecule has 0 saturated carbocycles. The normalized spacial score (nSPS) is 11.6. The van der Waals surface area contributed by atoms with E-state index < -0.39 is 10.0 Å². The molecule has 0 aliphatic heterocycles. The van der Waals surface area contributed by atoms with E-state index in [0.717, 1.165) is 0 Å². The van der Waals surface area contributed by atoms with Crippen LogP contribution in [0.25, 0.3) is 0 Å². The van der Waals surface area contributed by atoms with Gasteiger partial charge in [-0.15, -0.1) is 0 Å². The van der Waals surface area contributed by atoms with Crippen LogP contribution >= 0.6 is 11.6 Å². The maximum Gasteiger partial charge on any atom is 0.243 e. The highest BCUT2D eigenvalue weighted by Gasteiger charge is 2.21. The van der Waals surface area contributed by atoms with Crippen LogP contribution in [0.3, 0.4) is 0 Å². The van der Waals surface area contributed by atoms with Crippen molar-refractivity contribution in [2.45, 2.75) is 11.4 Å². The molecule has 112 valence electrons. The second kappa shape index (κ2) is 6.47. The Bertz CT molecular complexity index is 717. The lowest BCUT2D eigenvalue weighted by Crippen LogP contribution is -2.26. The molecule has 4 nitrogen and oxygen atoms in total. The summed E-state index contributed by atoms with van der Waals surface area (Å²) in [6, 6.07) is 13.4. The molecule has 0 N–H and O–H groups in total. The van der Waals surface area contributed by atoms with Crippen LogP contribution in [0.2, 0.25) is 5.02 Å². The average Bonchev–Trinajstić information content (AvgIpc) is 2.48. The van der Waals surface area contributed by atoms with Crippen LogP contribution in [0, 0.1) is 0 Å². The number of rotatable bonds is 5. The highest BCUT2D eigenvalue weighted by Crippen LogP contribution is 2.25. The fourth-order valence-corrected chi connectivity index (χ4v) is 3.33. The molecule has 0 aromatic heterocycles. The SMILES string of the molecule is COc1ccc(Cl)cc1CN(C)S(=O)(=O)c1ccccc1. The van der Waals surface area contributed by atoms with Gasteiger partial charge in [0.2, 0.25) is 10.0 Å². The third-order valence-corrected chi connectivity index (χ3v) is 5.14. The number of hydrogen-bond acceptors (Lipinski definition) is 3. The number of benzene rings is 2. The maximum absolute atomic E-state index is 12.5. The van der Waals surface area contributed by atoms with Crippen LogP contribution in [-0.4, -0.2) is 26.9 Å². The first-order valence-corrected chi connectivity index (χ1v) is 8.11. The summed E-state index contributed by atoms with van der Waals surface area (Å²) >= 11 is 5.96. The molecule has 21 heavy (non-hydrogen) atoms. The molecule has 2 rings (SSSR count). The molecule has 2 aromatic carbocycles. The number of sulfonamides is 1. The molecule has 0 aliphatic carbocycles. The minimum atomic E-state index is -3.54. The zero-order valence-electron chi connectivity index (χ0n) is 11.8. The van der Waals surface area contributed by atoms with Gasteiger partial charge in [-0.05, 0) is 30.3 Å². The highest BCUT2D eigenvalue weighted by molar-refractivity contribution is 7.89. The predicted octanol–water partition coefficient (Wildman–Crippen LogP) is 3.17. The fraction of sp³-hybridized carbons (Fsp3) is 0.200. The molecule has 2 aromatic rings. The molecule has 0 heterocycles. The van der Waals surface area contributed by atoms with Gasteiger partial charge in [-0.25, -0.2) is 8.42 Å². The fourth-order valence-electron chi connectivity index (χ4n) is 1.97. The van der Waals surface area contributed by atoms with E-state index in [1.54, 1.807) is 55.6 Å². The second-order valence-electron chi connectivity index (χ2n) is 4.53. The van der Waals surface area contributed by atoms with Crippen LogP contribution in [-0.2, 0) is 16.6 Å². The van der Waals surface area contributed by atoms with Crippen LogP contribution in [0.5, 0.6) is 5.75 Å². The van der Waals surface area contributed by atoms with E-state index in [0.29, 0.717) is 16.3 Å². The van der Waals surface area contributed by atoms with E-state index in [-0.39, 0.29) is 11.4 Å². The number of methoxy groups -OCH3 is 1. The van der Waals surface area contributed by atoms with Crippen molar-refractivity contribution in [1.29, 1.82) is 0 Å². The molecule has 0 amide bonds. The summed E-state index contributed by atoms with van der Waals surface area (Å²) in [5, 5.41) is 0.538. The van der Waals surface area contributed by atoms with Gasteiger partial charge in [0.05, 0.1) is 12.0 Å². The van der Waals surface area contributed by atoms with Gasteiger partial charge in [0.25, 0.3) is 0 Å². The Morgan fingerprint density at radius 1 is 1.14 bits per heavy atom. The summed E-state index contributed by atoms with van der Waals surface area (Å²) in [5.74, 6) is 0.606.